The van der Waals surface area contributed by atoms with Gasteiger partial charge in [0, 0.05) is 12.1 Å². The number of sulfonamides is 1. The van der Waals surface area contributed by atoms with Gasteiger partial charge in [-0.25, -0.2) is 13.2 Å². The first-order chi connectivity index (χ1) is 19.3. The Morgan fingerprint density at radius 3 is 2.42 bits per heavy atom. The highest BCUT2D eigenvalue weighted by atomic mass is 32.2. The Hall–Kier alpha value is -4.63. The van der Waals surface area contributed by atoms with E-state index in [9.17, 15) is 18.0 Å². The number of nitrogens with zero attached hydrogens (tertiary/aromatic N) is 1. The van der Waals surface area contributed by atoms with Crippen LogP contribution < -0.4 is 14.4 Å². The van der Waals surface area contributed by atoms with Crippen LogP contribution in [0.2, 0.25) is 0 Å². The largest absolute Gasteiger partial charge is 0.495 e. The Bertz CT molecular complexity index is 1670. The number of rotatable bonds is 8. The summed E-state index contributed by atoms with van der Waals surface area (Å²) in [5, 5.41) is 2.80. The third kappa shape index (κ3) is 5.41. The van der Waals surface area contributed by atoms with Crippen LogP contribution in [0, 0.1) is 6.92 Å². The molecule has 0 radical (unpaired) electrons. The zero-order valence-corrected chi connectivity index (χ0v) is 22.9. The SMILES string of the molecule is COc1ccc(C)cc1NC(=O)[C@@H](OC(=O)c1cccc(S(=O)(=O)N2CCc3ccccc32)c1)c1ccccc1. The molecule has 0 aliphatic carbocycles. The number of benzene rings is 4. The summed E-state index contributed by atoms with van der Waals surface area (Å²) in [5.74, 6) is -0.960. The van der Waals surface area contributed by atoms with Gasteiger partial charge >= 0.3 is 5.97 Å². The third-order valence-corrected chi connectivity index (χ3v) is 8.49. The lowest BCUT2D eigenvalue weighted by Gasteiger charge is -2.21. The predicted octanol–water partition coefficient (Wildman–Crippen LogP) is 5.29. The number of amides is 1. The number of para-hydroxylation sites is 1. The summed E-state index contributed by atoms with van der Waals surface area (Å²) in [6.07, 6.45) is -0.693. The van der Waals surface area contributed by atoms with Crippen LogP contribution in [0.3, 0.4) is 0 Å². The number of carbonyl (C=O) groups excluding carboxylic acids is 2. The van der Waals surface area contributed by atoms with Crippen molar-refractivity contribution in [2.45, 2.75) is 24.3 Å². The number of fused-ring (bicyclic) bond motifs is 1. The van der Waals surface area contributed by atoms with Crippen molar-refractivity contribution in [2.24, 2.45) is 0 Å². The molecule has 8 nitrogen and oxygen atoms in total. The van der Waals surface area contributed by atoms with Gasteiger partial charge in [-0.1, -0.05) is 60.7 Å². The van der Waals surface area contributed by atoms with Crippen molar-refractivity contribution in [3.8, 4) is 5.75 Å². The number of methoxy groups -OCH3 is 1. The fourth-order valence-corrected chi connectivity index (χ4v) is 6.21. The summed E-state index contributed by atoms with van der Waals surface area (Å²) < 4.78 is 39.4. The fraction of sp³-hybridized carbons (Fsp3) is 0.161. The van der Waals surface area contributed by atoms with Crippen molar-refractivity contribution in [3.63, 3.8) is 0 Å². The Kier molecular flexibility index (Phi) is 7.57. The molecule has 9 heteroatoms. The molecule has 1 amide bonds. The van der Waals surface area contributed by atoms with E-state index < -0.39 is 28.0 Å². The number of anilines is 2. The molecule has 1 atom stereocenters. The second kappa shape index (κ2) is 11.2. The van der Waals surface area contributed by atoms with Gasteiger partial charge in [0.1, 0.15) is 5.75 Å². The van der Waals surface area contributed by atoms with Crippen molar-refractivity contribution >= 4 is 33.3 Å². The lowest BCUT2D eigenvalue weighted by atomic mass is 10.1. The molecule has 1 heterocycles. The van der Waals surface area contributed by atoms with Gasteiger partial charge in [-0.2, -0.15) is 0 Å². The second-order valence-electron chi connectivity index (χ2n) is 9.37. The monoisotopic (exact) mass is 556 g/mol. The average Bonchev–Trinajstić information content (AvgIpc) is 3.41. The molecule has 1 N–H and O–H groups in total. The minimum Gasteiger partial charge on any atom is -0.495 e. The van der Waals surface area contributed by atoms with E-state index in [-0.39, 0.29) is 10.5 Å². The van der Waals surface area contributed by atoms with Crippen molar-refractivity contribution in [3.05, 3.63) is 119 Å². The minimum absolute atomic E-state index is 0.00965. The zero-order valence-electron chi connectivity index (χ0n) is 22.0. The molecule has 0 saturated carbocycles. The molecular formula is C31H28N2O6S. The molecule has 204 valence electrons. The standard InChI is InChI=1S/C31H28N2O6S/c1-21-15-16-28(38-2)26(19-21)32-30(34)29(23-10-4-3-5-11-23)39-31(35)24-12-8-13-25(20-24)40(36,37)33-18-17-22-9-6-7-14-27(22)33/h3-16,19-20,29H,17-18H2,1-2H3,(H,32,34)/t29-/m0/s1. The van der Waals surface area contributed by atoms with Crippen LogP contribution in [0.4, 0.5) is 11.4 Å². The summed E-state index contributed by atoms with van der Waals surface area (Å²) in [5.41, 5.74) is 3.38. The molecule has 0 spiro atoms. The maximum absolute atomic E-state index is 13.5. The van der Waals surface area contributed by atoms with E-state index >= 15 is 0 Å². The summed E-state index contributed by atoms with van der Waals surface area (Å²) in [4.78, 5) is 26.7. The van der Waals surface area contributed by atoms with Crippen LogP contribution in [-0.4, -0.2) is 33.9 Å². The van der Waals surface area contributed by atoms with Gasteiger partial charge in [-0.05, 0) is 60.9 Å². The molecule has 0 saturated heterocycles. The first kappa shape index (κ1) is 27.0. The normalized spacial score (nSPS) is 13.3. The molecular weight excluding hydrogens is 528 g/mol. The van der Waals surface area contributed by atoms with Crippen molar-refractivity contribution < 1.29 is 27.5 Å². The van der Waals surface area contributed by atoms with Crippen LogP contribution in [0.1, 0.15) is 33.2 Å². The summed E-state index contributed by atoms with van der Waals surface area (Å²) in [6.45, 7) is 2.20. The van der Waals surface area contributed by atoms with Gasteiger partial charge in [-0.15, -0.1) is 0 Å². The lowest BCUT2D eigenvalue weighted by Crippen LogP contribution is -2.29. The predicted molar refractivity (Wildman–Crippen MR) is 152 cm³/mol. The van der Waals surface area contributed by atoms with Crippen molar-refractivity contribution in [2.75, 3.05) is 23.3 Å². The number of hydrogen-bond acceptors (Lipinski definition) is 6. The molecule has 5 rings (SSSR count). The second-order valence-corrected chi connectivity index (χ2v) is 11.2. The van der Waals surface area contributed by atoms with Gasteiger partial charge in [-0.3, -0.25) is 9.10 Å². The lowest BCUT2D eigenvalue weighted by molar-refractivity contribution is -0.125. The maximum atomic E-state index is 13.5. The molecule has 0 aromatic heterocycles. The highest BCUT2D eigenvalue weighted by Gasteiger charge is 2.32. The average molecular weight is 557 g/mol. The quantitative estimate of drug-likeness (QED) is 0.296. The van der Waals surface area contributed by atoms with E-state index in [4.69, 9.17) is 9.47 Å². The first-order valence-electron chi connectivity index (χ1n) is 12.7. The van der Waals surface area contributed by atoms with Crippen molar-refractivity contribution in [1.82, 2.24) is 0 Å². The van der Waals surface area contributed by atoms with E-state index in [0.29, 0.717) is 35.7 Å². The van der Waals surface area contributed by atoms with E-state index in [1.54, 1.807) is 54.6 Å². The highest BCUT2D eigenvalue weighted by molar-refractivity contribution is 7.92. The topological polar surface area (TPSA) is 102 Å². The number of carbonyl (C=O) groups is 2. The minimum atomic E-state index is -3.93. The smallest absolute Gasteiger partial charge is 0.339 e. The Labute approximate surface area is 233 Å². The molecule has 1 aliphatic rings. The number of ether oxygens (including phenoxy) is 2. The summed E-state index contributed by atoms with van der Waals surface area (Å²) >= 11 is 0. The Morgan fingerprint density at radius 2 is 1.65 bits per heavy atom. The molecule has 40 heavy (non-hydrogen) atoms. The molecule has 0 fully saturated rings. The molecule has 4 aromatic carbocycles. The zero-order chi connectivity index (χ0) is 28.3. The van der Waals surface area contributed by atoms with E-state index in [1.165, 1.54) is 35.7 Å². The van der Waals surface area contributed by atoms with Crippen LogP contribution in [0.15, 0.2) is 102 Å². The maximum Gasteiger partial charge on any atom is 0.339 e. The van der Waals surface area contributed by atoms with Crippen LogP contribution in [0.25, 0.3) is 0 Å². The number of esters is 1. The number of hydrogen-bond donors (Lipinski definition) is 1. The molecule has 0 bridgehead atoms. The van der Waals surface area contributed by atoms with Gasteiger partial charge in [0.15, 0.2) is 0 Å². The first-order valence-corrected chi connectivity index (χ1v) is 14.1. The van der Waals surface area contributed by atoms with Gasteiger partial charge in [0.2, 0.25) is 6.10 Å². The molecule has 4 aromatic rings. The van der Waals surface area contributed by atoms with Gasteiger partial charge in [0.05, 0.1) is 28.9 Å². The molecule has 1 aliphatic heterocycles. The van der Waals surface area contributed by atoms with E-state index in [0.717, 1.165) is 11.1 Å². The van der Waals surface area contributed by atoms with E-state index in [1.807, 2.05) is 25.1 Å². The Morgan fingerprint density at radius 1 is 0.900 bits per heavy atom. The van der Waals surface area contributed by atoms with E-state index in [2.05, 4.69) is 5.32 Å². The Balaban J connectivity index is 1.42. The third-order valence-electron chi connectivity index (χ3n) is 6.68. The van der Waals surface area contributed by atoms with Crippen molar-refractivity contribution in [1.29, 1.82) is 0 Å². The number of nitrogens with one attached hydrogen (secondary N) is 1. The molecule has 0 unspecified atom stereocenters. The van der Waals surface area contributed by atoms with Gasteiger partial charge < -0.3 is 14.8 Å². The van der Waals surface area contributed by atoms with Crippen LogP contribution >= 0.6 is 0 Å². The fourth-order valence-electron chi connectivity index (χ4n) is 4.66. The summed E-state index contributed by atoms with van der Waals surface area (Å²) in [7, 11) is -2.43. The number of aryl methyl sites for hydroxylation is 1. The summed E-state index contributed by atoms with van der Waals surface area (Å²) in [6, 6.07) is 27.0. The van der Waals surface area contributed by atoms with Crippen LogP contribution in [-0.2, 0) is 26.0 Å². The van der Waals surface area contributed by atoms with Gasteiger partial charge in [0.25, 0.3) is 15.9 Å². The van der Waals surface area contributed by atoms with Crippen LogP contribution in [0.5, 0.6) is 5.75 Å². The highest BCUT2D eigenvalue weighted by Crippen LogP contribution is 2.33.